The quantitative estimate of drug-likeness (QED) is 0.647. The topological polar surface area (TPSA) is 39.8 Å². The minimum atomic E-state index is 0.0324. The van der Waals surface area contributed by atoms with Gasteiger partial charge in [0.2, 0.25) is 0 Å². The predicted molar refractivity (Wildman–Crippen MR) is 47.6 cm³/mol. The predicted octanol–water partition coefficient (Wildman–Crippen LogP) is 0.731. The number of hydrogen-bond donors (Lipinski definition) is 0. The number of nitrogens with zero attached hydrogens (tertiary/aromatic N) is 3. The van der Waals surface area contributed by atoms with Crippen LogP contribution in [0.3, 0.4) is 0 Å². The van der Waals surface area contributed by atoms with Crippen molar-refractivity contribution in [1.82, 2.24) is 14.3 Å². The molecule has 2 rings (SSSR count). The smallest absolute Gasteiger partial charge is 0.269 e. The van der Waals surface area contributed by atoms with Gasteiger partial charge in [-0.25, -0.2) is 9.48 Å². The second-order valence-corrected chi connectivity index (χ2v) is 4.17. The number of fused-ring (bicyclic) bond motifs is 1. The average Bonchev–Trinajstić information content (AvgIpc) is 2.53. The Kier molecular flexibility index (Phi) is 1.75. The fourth-order valence-electron chi connectivity index (χ4n) is 1.26. The van der Waals surface area contributed by atoms with Crippen LogP contribution in [0.15, 0.2) is 9.95 Å². The van der Waals surface area contributed by atoms with Crippen molar-refractivity contribution in [2.45, 2.75) is 31.6 Å². The molecule has 0 spiro atoms. The molecule has 0 N–H and O–H groups in total. The van der Waals surface area contributed by atoms with Crippen molar-refractivity contribution in [3.8, 4) is 0 Å². The van der Waals surface area contributed by atoms with E-state index < -0.39 is 0 Å². The van der Waals surface area contributed by atoms with Crippen LogP contribution in [0.4, 0.5) is 0 Å². The van der Waals surface area contributed by atoms with Crippen LogP contribution in [0, 0.1) is 0 Å². The summed E-state index contributed by atoms with van der Waals surface area (Å²) in [5, 5.41) is 5.09. The molecular formula is C7H11N3OS. The Labute approximate surface area is 74.6 Å². The minimum absolute atomic E-state index is 0.0324. The van der Waals surface area contributed by atoms with E-state index in [0.29, 0.717) is 0 Å². The highest BCUT2D eigenvalue weighted by Crippen LogP contribution is 2.21. The number of hydrogen-bond acceptors (Lipinski definition) is 3. The first-order valence-electron chi connectivity index (χ1n) is 4.02. The van der Waals surface area contributed by atoms with Gasteiger partial charge in [0, 0.05) is 12.3 Å². The first-order chi connectivity index (χ1) is 5.70. The Bertz CT molecular complexity index is 352. The molecule has 1 aromatic rings. The molecule has 0 bridgehead atoms. The Morgan fingerprint density at radius 3 is 2.92 bits per heavy atom. The molecule has 4 nitrogen and oxygen atoms in total. The van der Waals surface area contributed by atoms with Gasteiger partial charge in [-0.05, 0) is 13.8 Å². The third kappa shape index (κ3) is 0.998. The molecule has 1 aliphatic heterocycles. The van der Waals surface area contributed by atoms with Gasteiger partial charge in [0.15, 0.2) is 5.16 Å². The summed E-state index contributed by atoms with van der Waals surface area (Å²) in [7, 11) is 0. The molecule has 5 heteroatoms. The maximum absolute atomic E-state index is 11.6. The lowest BCUT2D eigenvalue weighted by Crippen LogP contribution is -2.25. The molecular weight excluding hydrogens is 174 g/mol. The highest BCUT2D eigenvalue weighted by atomic mass is 32.2. The van der Waals surface area contributed by atoms with Gasteiger partial charge in [0.1, 0.15) is 0 Å². The molecule has 0 unspecified atom stereocenters. The van der Waals surface area contributed by atoms with E-state index in [4.69, 9.17) is 0 Å². The third-order valence-electron chi connectivity index (χ3n) is 1.89. The van der Waals surface area contributed by atoms with Crippen molar-refractivity contribution in [2.75, 3.05) is 5.75 Å². The maximum Gasteiger partial charge on any atom is 0.346 e. The third-order valence-corrected chi connectivity index (χ3v) is 2.83. The Morgan fingerprint density at radius 1 is 1.58 bits per heavy atom. The molecule has 0 radical (unpaired) electrons. The van der Waals surface area contributed by atoms with Crippen LogP contribution in [-0.2, 0) is 6.54 Å². The molecule has 0 atom stereocenters. The highest BCUT2D eigenvalue weighted by molar-refractivity contribution is 7.99. The summed E-state index contributed by atoms with van der Waals surface area (Å²) >= 11 is 1.65. The molecule has 1 aliphatic rings. The van der Waals surface area contributed by atoms with Gasteiger partial charge >= 0.3 is 5.69 Å². The highest BCUT2D eigenvalue weighted by Gasteiger charge is 2.19. The summed E-state index contributed by atoms with van der Waals surface area (Å²) in [6, 6.07) is 0.163. The van der Waals surface area contributed by atoms with Crippen LogP contribution in [0.1, 0.15) is 19.9 Å². The van der Waals surface area contributed by atoms with Gasteiger partial charge in [-0.15, -0.1) is 5.10 Å². The van der Waals surface area contributed by atoms with Crippen LogP contribution in [-0.4, -0.2) is 20.1 Å². The maximum atomic E-state index is 11.6. The van der Waals surface area contributed by atoms with Gasteiger partial charge < -0.3 is 0 Å². The first-order valence-corrected chi connectivity index (χ1v) is 5.01. The number of aromatic nitrogens is 3. The van der Waals surface area contributed by atoms with Gasteiger partial charge in [0.05, 0.1) is 6.04 Å². The van der Waals surface area contributed by atoms with Crippen LogP contribution >= 0.6 is 11.8 Å². The Hall–Kier alpha value is -0.710. The molecule has 0 aliphatic carbocycles. The summed E-state index contributed by atoms with van der Waals surface area (Å²) in [6.07, 6.45) is 0. The molecule has 0 saturated carbocycles. The molecule has 0 aromatic carbocycles. The van der Waals surface area contributed by atoms with Gasteiger partial charge in [-0.3, -0.25) is 4.57 Å². The van der Waals surface area contributed by atoms with Crippen molar-refractivity contribution in [1.29, 1.82) is 0 Å². The average molecular weight is 185 g/mol. The second kappa shape index (κ2) is 2.65. The first kappa shape index (κ1) is 7.91. The van der Waals surface area contributed by atoms with E-state index in [-0.39, 0.29) is 11.7 Å². The lowest BCUT2D eigenvalue weighted by atomic mass is 10.4. The normalized spacial score (nSPS) is 15.6. The standard InChI is InChI=1S/C7H11N3OS/c1-5(2)10-7(11)9-3-4-12-6(9)8-10/h5H,3-4H2,1-2H3. The van der Waals surface area contributed by atoms with E-state index in [9.17, 15) is 4.79 Å². The molecule has 1 aromatic heterocycles. The van der Waals surface area contributed by atoms with E-state index in [2.05, 4.69) is 5.10 Å². The van der Waals surface area contributed by atoms with Crippen molar-refractivity contribution in [2.24, 2.45) is 0 Å². The zero-order valence-electron chi connectivity index (χ0n) is 7.15. The van der Waals surface area contributed by atoms with Crippen LogP contribution < -0.4 is 5.69 Å². The summed E-state index contributed by atoms with van der Waals surface area (Å²) in [6.45, 7) is 4.75. The van der Waals surface area contributed by atoms with Gasteiger partial charge in [0.25, 0.3) is 0 Å². The molecule has 0 fully saturated rings. The second-order valence-electron chi connectivity index (χ2n) is 3.10. The van der Waals surface area contributed by atoms with Crippen molar-refractivity contribution in [3.05, 3.63) is 10.5 Å². The van der Waals surface area contributed by atoms with E-state index in [1.165, 1.54) is 0 Å². The zero-order valence-corrected chi connectivity index (χ0v) is 7.97. The largest absolute Gasteiger partial charge is 0.346 e. The fourth-order valence-corrected chi connectivity index (χ4v) is 2.18. The fraction of sp³-hybridized carbons (Fsp3) is 0.714. The van der Waals surface area contributed by atoms with Gasteiger partial charge in [-0.1, -0.05) is 11.8 Å². The van der Waals surface area contributed by atoms with E-state index in [0.717, 1.165) is 17.5 Å². The zero-order chi connectivity index (χ0) is 8.72. The van der Waals surface area contributed by atoms with Crippen molar-refractivity contribution in [3.63, 3.8) is 0 Å². The van der Waals surface area contributed by atoms with Gasteiger partial charge in [-0.2, -0.15) is 0 Å². The van der Waals surface area contributed by atoms with Crippen molar-refractivity contribution >= 4 is 11.8 Å². The lowest BCUT2D eigenvalue weighted by Gasteiger charge is -2.01. The van der Waals surface area contributed by atoms with Crippen LogP contribution in [0.25, 0.3) is 0 Å². The van der Waals surface area contributed by atoms with Crippen molar-refractivity contribution < 1.29 is 0 Å². The summed E-state index contributed by atoms with van der Waals surface area (Å²) in [5.74, 6) is 0.983. The number of rotatable bonds is 1. The minimum Gasteiger partial charge on any atom is -0.269 e. The molecule has 66 valence electrons. The van der Waals surface area contributed by atoms with E-state index >= 15 is 0 Å². The molecule has 0 saturated heterocycles. The Balaban J connectivity index is 2.55. The van der Waals surface area contributed by atoms with Crippen LogP contribution in [0.2, 0.25) is 0 Å². The monoisotopic (exact) mass is 185 g/mol. The molecule has 12 heavy (non-hydrogen) atoms. The van der Waals surface area contributed by atoms with Crippen LogP contribution in [0.5, 0.6) is 0 Å². The number of thioether (sulfide) groups is 1. The lowest BCUT2D eigenvalue weighted by molar-refractivity contribution is 0.502. The van der Waals surface area contributed by atoms with E-state index in [1.54, 1.807) is 21.0 Å². The Morgan fingerprint density at radius 2 is 2.33 bits per heavy atom. The summed E-state index contributed by atoms with van der Waals surface area (Å²) in [5.41, 5.74) is 0.0324. The molecule has 2 heterocycles. The molecule has 0 amide bonds. The summed E-state index contributed by atoms with van der Waals surface area (Å²) in [4.78, 5) is 11.6. The SMILES string of the molecule is CC(C)n1nc2n(c1=O)CCS2. The summed E-state index contributed by atoms with van der Waals surface area (Å²) < 4.78 is 3.28. The van der Waals surface area contributed by atoms with E-state index in [1.807, 2.05) is 13.8 Å².